The molecule has 2 rings (SSSR count). The van der Waals surface area contributed by atoms with Crippen LogP contribution in [0.25, 0.3) is 0 Å². The van der Waals surface area contributed by atoms with Gasteiger partial charge in [0.1, 0.15) is 17.3 Å². The predicted octanol–water partition coefficient (Wildman–Crippen LogP) is 1.35. The highest BCUT2D eigenvalue weighted by Crippen LogP contribution is 2.12. The summed E-state index contributed by atoms with van der Waals surface area (Å²) < 4.78 is 0. The summed E-state index contributed by atoms with van der Waals surface area (Å²) in [6, 6.07) is 7.92. The van der Waals surface area contributed by atoms with E-state index in [2.05, 4.69) is 15.3 Å². The normalized spacial score (nSPS) is 10.1. The van der Waals surface area contributed by atoms with Gasteiger partial charge in [-0.25, -0.2) is 0 Å². The van der Waals surface area contributed by atoms with E-state index in [0.29, 0.717) is 18.6 Å². The highest BCUT2D eigenvalue weighted by Gasteiger charge is 2.02. The molecule has 0 amide bonds. The van der Waals surface area contributed by atoms with Crippen LogP contribution in [0.15, 0.2) is 30.3 Å². The van der Waals surface area contributed by atoms with Crippen LogP contribution in [0, 0.1) is 0 Å². The molecule has 0 aliphatic carbocycles. The molecule has 19 heavy (non-hydrogen) atoms. The lowest BCUT2D eigenvalue weighted by molar-refractivity contribution is 0.111. The zero-order valence-corrected chi connectivity index (χ0v) is 10.1. The number of aromatic hydroxyl groups is 2. The lowest BCUT2D eigenvalue weighted by atomic mass is 10.1. The van der Waals surface area contributed by atoms with Crippen molar-refractivity contribution in [1.29, 1.82) is 0 Å². The monoisotopic (exact) mass is 259 g/mol. The van der Waals surface area contributed by atoms with Crippen LogP contribution in [0.5, 0.6) is 11.8 Å². The number of nitrogens with zero attached hydrogens (tertiary/aromatic N) is 2. The molecule has 1 aromatic heterocycles. The number of carbonyl (C=O) groups excluding carboxylic acids is 1. The van der Waals surface area contributed by atoms with Gasteiger partial charge >= 0.3 is 6.01 Å². The Morgan fingerprint density at radius 1 is 1.16 bits per heavy atom. The first-order valence-electron chi connectivity index (χ1n) is 5.72. The summed E-state index contributed by atoms with van der Waals surface area (Å²) in [6.45, 7) is 0.583. The maximum absolute atomic E-state index is 10.6. The van der Waals surface area contributed by atoms with Crippen LogP contribution in [-0.4, -0.2) is 33.0 Å². The molecule has 6 heteroatoms. The first-order valence-corrected chi connectivity index (χ1v) is 5.72. The summed E-state index contributed by atoms with van der Waals surface area (Å²) in [5, 5.41) is 21.4. The van der Waals surface area contributed by atoms with Crippen molar-refractivity contribution in [3.63, 3.8) is 0 Å². The van der Waals surface area contributed by atoms with E-state index < -0.39 is 6.01 Å². The average Bonchev–Trinajstić information content (AvgIpc) is 2.40. The van der Waals surface area contributed by atoms with Gasteiger partial charge in [0.25, 0.3) is 0 Å². The number of nitrogens with one attached hydrogen (secondary N) is 1. The van der Waals surface area contributed by atoms with E-state index in [1.54, 1.807) is 12.1 Å². The standard InChI is InChI=1S/C13H13N3O3/c17-8-10-7-12(16-13(19)15-10)14-6-5-9-1-3-11(18)4-2-9/h1-4,7-8,18H,5-6H2,(H2,14,15,16,19). The predicted molar refractivity (Wildman–Crippen MR) is 69.4 cm³/mol. The lowest BCUT2D eigenvalue weighted by Crippen LogP contribution is -2.07. The Morgan fingerprint density at radius 3 is 2.58 bits per heavy atom. The van der Waals surface area contributed by atoms with Gasteiger partial charge in [0, 0.05) is 12.6 Å². The molecular formula is C13H13N3O3. The maximum atomic E-state index is 10.6. The Labute approximate surface area is 109 Å². The molecule has 0 spiro atoms. The van der Waals surface area contributed by atoms with Crippen molar-refractivity contribution < 1.29 is 15.0 Å². The fraction of sp³-hybridized carbons (Fsp3) is 0.154. The second kappa shape index (κ2) is 5.81. The number of phenolic OH excluding ortho intramolecular Hbond substituents is 1. The van der Waals surface area contributed by atoms with Crippen LogP contribution < -0.4 is 5.32 Å². The van der Waals surface area contributed by atoms with Crippen LogP contribution in [0.4, 0.5) is 5.82 Å². The zero-order valence-electron chi connectivity index (χ0n) is 10.1. The van der Waals surface area contributed by atoms with Crippen LogP contribution in [0.2, 0.25) is 0 Å². The minimum Gasteiger partial charge on any atom is -0.508 e. The summed E-state index contributed by atoms with van der Waals surface area (Å²) in [5.74, 6) is 0.626. The van der Waals surface area contributed by atoms with Crippen molar-refractivity contribution in [3.05, 3.63) is 41.6 Å². The summed E-state index contributed by atoms with van der Waals surface area (Å²) >= 11 is 0. The smallest absolute Gasteiger partial charge is 0.316 e. The number of rotatable bonds is 5. The Balaban J connectivity index is 1.93. The number of aldehydes is 1. The van der Waals surface area contributed by atoms with Crippen LogP contribution >= 0.6 is 0 Å². The maximum Gasteiger partial charge on any atom is 0.316 e. The van der Waals surface area contributed by atoms with E-state index in [0.717, 1.165) is 12.0 Å². The summed E-state index contributed by atoms with van der Waals surface area (Å²) in [6.07, 6.45) is 1.27. The quantitative estimate of drug-likeness (QED) is 0.702. The molecule has 0 atom stereocenters. The molecule has 1 heterocycles. The Hall–Kier alpha value is -2.63. The minimum atomic E-state index is -0.434. The fourth-order valence-electron chi connectivity index (χ4n) is 1.60. The number of anilines is 1. The van der Waals surface area contributed by atoms with Crippen LogP contribution in [0.3, 0.4) is 0 Å². The van der Waals surface area contributed by atoms with Gasteiger partial charge in [-0.05, 0) is 24.1 Å². The Morgan fingerprint density at radius 2 is 1.89 bits per heavy atom. The van der Waals surface area contributed by atoms with Gasteiger partial charge in [-0.1, -0.05) is 12.1 Å². The molecule has 3 N–H and O–H groups in total. The van der Waals surface area contributed by atoms with E-state index >= 15 is 0 Å². The molecule has 1 aromatic carbocycles. The molecule has 0 aliphatic rings. The largest absolute Gasteiger partial charge is 0.508 e. The second-order valence-corrected chi connectivity index (χ2v) is 3.94. The highest BCUT2D eigenvalue weighted by atomic mass is 16.3. The minimum absolute atomic E-state index is 0.125. The van der Waals surface area contributed by atoms with Crippen molar-refractivity contribution in [2.45, 2.75) is 6.42 Å². The number of hydrogen-bond donors (Lipinski definition) is 3. The van der Waals surface area contributed by atoms with E-state index in [9.17, 15) is 9.90 Å². The topological polar surface area (TPSA) is 95.3 Å². The van der Waals surface area contributed by atoms with Gasteiger partial charge in [0.2, 0.25) is 0 Å². The molecule has 0 saturated heterocycles. The summed E-state index contributed by atoms with van der Waals surface area (Å²) in [5.41, 5.74) is 1.18. The number of hydrogen-bond acceptors (Lipinski definition) is 6. The third-order valence-corrected chi connectivity index (χ3v) is 2.51. The van der Waals surface area contributed by atoms with Gasteiger partial charge in [-0.3, -0.25) is 4.79 Å². The SMILES string of the molecule is O=Cc1cc(NCCc2ccc(O)cc2)nc(O)n1. The van der Waals surface area contributed by atoms with Gasteiger partial charge in [0.15, 0.2) is 6.29 Å². The fourth-order valence-corrected chi connectivity index (χ4v) is 1.60. The molecule has 0 saturated carbocycles. The molecule has 0 unspecified atom stereocenters. The molecule has 0 fully saturated rings. The number of benzene rings is 1. The zero-order chi connectivity index (χ0) is 13.7. The molecule has 0 radical (unpaired) electrons. The van der Waals surface area contributed by atoms with E-state index in [1.165, 1.54) is 6.07 Å². The molecule has 6 nitrogen and oxygen atoms in total. The third kappa shape index (κ3) is 3.67. The molecule has 0 bridgehead atoms. The molecule has 2 aromatic rings. The van der Waals surface area contributed by atoms with Gasteiger partial charge < -0.3 is 15.5 Å². The molecule has 98 valence electrons. The van der Waals surface area contributed by atoms with Gasteiger partial charge in [-0.15, -0.1) is 0 Å². The van der Waals surface area contributed by atoms with Crippen LogP contribution in [-0.2, 0) is 6.42 Å². The first kappa shape index (κ1) is 12.8. The van der Waals surface area contributed by atoms with Gasteiger partial charge in [0.05, 0.1) is 0 Å². The first-order chi connectivity index (χ1) is 9.17. The van der Waals surface area contributed by atoms with Crippen molar-refractivity contribution in [1.82, 2.24) is 9.97 Å². The van der Waals surface area contributed by atoms with Crippen molar-refractivity contribution >= 4 is 12.1 Å². The second-order valence-electron chi connectivity index (χ2n) is 3.94. The van der Waals surface area contributed by atoms with Crippen molar-refractivity contribution in [2.24, 2.45) is 0 Å². The number of aromatic nitrogens is 2. The Kier molecular flexibility index (Phi) is 3.92. The van der Waals surface area contributed by atoms with Crippen molar-refractivity contribution in [3.8, 4) is 11.8 Å². The van der Waals surface area contributed by atoms with E-state index in [-0.39, 0.29) is 11.4 Å². The number of phenols is 1. The molecular weight excluding hydrogens is 246 g/mol. The lowest BCUT2D eigenvalue weighted by Gasteiger charge is -2.06. The third-order valence-electron chi connectivity index (χ3n) is 2.51. The van der Waals surface area contributed by atoms with Crippen molar-refractivity contribution in [2.75, 3.05) is 11.9 Å². The molecule has 0 aliphatic heterocycles. The summed E-state index contributed by atoms with van der Waals surface area (Å²) in [7, 11) is 0. The van der Waals surface area contributed by atoms with Gasteiger partial charge in [-0.2, -0.15) is 9.97 Å². The number of carbonyl (C=O) groups is 1. The highest BCUT2D eigenvalue weighted by molar-refractivity contribution is 5.73. The van der Waals surface area contributed by atoms with Crippen LogP contribution in [0.1, 0.15) is 16.1 Å². The van der Waals surface area contributed by atoms with E-state index in [1.807, 2.05) is 12.1 Å². The summed E-state index contributed by atoms with van der Waals surface area (Å²) in [4.78, 5) is 17.9. The average molecular weight is 259 g/mol. The van der Waals surface area contributed by atoms with E-state index in [4.69, 9.17) is 5.11 Å². The Bertz CT molecular complexity index is 570.